The fourth-order valence-corrected chi connectivity index (χ4v) is 2.13. The summed E-state index contributed by atoms with van der Waals surface area (Å²) in [4.78, 5) is 13.7. The first-order chi connectivity index (χ1) is 12.2. The van der Waals surface area contributed by atoms with Crippen LogP contribution in [0.5, 0.6) is 0 Å². The fraction of sp³-hybridized carbons (Fsp3) is 0.0769. The zero-order chi connectivity index (χ0) is 19.1. The van der Waals surface area contributed by atoms with Gasteiger partial charge in [0.25, 0.3) is 5.56 Å². The molecule has 0 fully saturated rings. The Labute approximate surface area is 141 Å². The van der Waals surface area contributed by atoms with E-state index in [1.807, 2.05) is 0 Å². The molecule has 1 aromatic carbocycles. The third-order valence-electron chi connectivity index (χ3n) is 3.29. The summed E-state index contributed by atoms with van der Waals surface area (Å²) in [5.74, 6) is -0.372. The van der Waals surface area contributed by atoms with E-state index in [-0.39, 0.29) is 28.5 Å². The average Bonchev–Trinajstić information content (AvgIpc) is 2.87. The third kappa shape index (κ3) is 3.26. The number of hydrogen-bond donors (Lipinski definition) is 4. The topological polar surface area (TPSA) is 149 Å². The highest BCUT2D eigenvalue weighted by Crippen LogP contribution is 2.33. The molecule has 0 aliphatic carbocycles. The van der Waals surface area contributed by atoms with E-state index in [1.54, 1.807) is 0 Å². The molecule has 0 saturated carbocycles. The van der Waals surface area contributed by atoms with E-state index in [2.05, 4.69) is 20.3 Å². The van der Waals surface area contributed by atoms with Crippen molar-refractivity contribution in [3.05, 3.63) is 51.6 Å². The highest BCUT2D eigenvalue weighted by atomic mass is 19.4. The highest BCUT2D eigenvalue weighted by Gasteiger charge is 2.35. The van der Waals surface area contributed by atoms with Crippen molar-refractivity contribution in [2.45, 2.75) is 6.18 Å². The molecule has 0 radical (unpaired) electrons. The third-order valence-corrected chi connectivity index (χ3v) is 3.29. The first-order valence-electron chi connectivity index (χ1n) is 6.90. The van der Waals surface area contributed by atoms with Gasteiger partial charge in [0.05, 0.1) is 5.69 Å². The quantitative estimate of drug-likeness (QED) is 0.407. The van der Waals surface area contributed by atoms with Gasteiger partial charge < -0.3 is 15.9 Å². The van der Waals surface area contributed by atoms with Gasteiger partial charge in [-0.25, -0.2) is 9.72 Å². The van der Waals surface area contributed by atoms with E-state index in [0.29, 0.717) is 10.6 Å². The molecule has 13 heteroatoms. The number of benzene rings is 1. The number of halogens is 3. The van der Waals surface area contributed by atoms with Crippen LogP contribution in [0.4, 0.5) is 36.1 Å². The van der Waals surface area contributed by atoms with Crippen molar-refractivity contribution < 1.29 is 23.6 Å². The maximum atomic E-state index is 13.0. The molecule has 3 rings (SSSR count). The van der Waals surface area contributed by atoms with E-state index in [4.69, 9.17) is 10.9 Å². The lowest BCUT2D eigenvalue weighted by atomic mass is 10.3. The van der Waals surface area contributed by atoms with Crippen molar-refractivity contribution >= 4 is 28.5 Å². The Balaban J connectivity index is 2.07. The molecule has 0 bridgehead atoms. The standard InChI is InChI=1S/C13H10F3N7O3/c14-13(15,16)8-5-9(24)18-12-10(11(17)21-22(8)12)20-19-6-1-3-7(4-2-6)23(25)26/h1-5,23,25H,(H2,17,21)(H,18,24). The minimum absolute atomic E-state index is 0.0265. The van der Waals surface area contributed by atoms with Gasteiger partial charge in [-0.15, -0.1) is 10.2 Å². The number of aromatic amines is 1. The van der Waals surface area contributed by atoms with E-state index >= 15 is 0 Å². The molecule has 0 spiro atoms. The van der Waals surface area contributed by atoms with Crippen molar-refractivity contribution in [1.29, 1.82) is 0 Å². The van der Waals surface area contributed by atoms with Crippen LogP contribution in [0.2, 0.25) is 0 Å². The normalized spacial score (nSPS) is 13.6. The number of nitrogens with zero attached hydrogens (tertiary/aromatic N) is 4. The first-order valence-corrected chi connectivity index (χ1v) is 6.90. The lowest BCUT2D eigenvalue weighted by Gasteiger charge is -2.10. The number of nitrogen functional groups attached to an aromatic ring is 1. The van der Waals surface area contributed by atoms with Crippen LogP contribution in [0.1, 0.15) is 5.69 Å². The first kappa shape index (κ1) is 17.5. The number of hydrogen-bond acceptors (Lipinski definition) is 7. The average molecular weight is 369 g/mol. The van der Waals surface area contributed by atoms with Gasteiger partial charge in [0.1, 0.15) is 0 Å². The molecule has 1 atom stereocenters. The number of fused-ring (bicyclic) bond motifs is 1. The van der Waals surface area contributed by atoms with Gasteiger partial charge in [-0.3, -0.25) is 4.79 Å². The van der Waals surface area contributed by atoms with Crippen molar-refractivity contribution in [3.63, 3.8) is 0 Å². The zero-order valence-electron chi connectivity index (χ0n) is 12.7. The number of rotatable bonds is 3. The summed E-state index contributed by atoms with van der Waals surface area (Å²) in [7, 11) is 0. The van der Waals surface area contributed by atoms with E-state index in [9.17, 15) is 23.2 Å². The number of nitrogens with one attached hydrogen (secondary N) is 2. The predicted molar refractivity (Wildman–Crippen MR) is 81.6 cm³/mol. The second-order valence-electron chi connectivity index (χ2n) is 5.06. The van der Waals surface area contributed by atoms with Gasteiger partial charge in [-0.2, -0.15) is 23.5 Å². The maximum absolute atomic E-state index is 13.0. The van der Waals surface area contributed by atoms with Crippen LogP contribution >= 0.6 is 0 Å². The molecule has 0 aliphatic rings. The predicted octanol–water partition coefficient (Wildman–Crippen LogP) is 1.44. The summed E-state index contributed by atoms with van der Waals surface area (Å²) in [5.41, 5.74) is 2.90. The van der Waals surface area contributed by atoms with Gasteiger partial charge >= 0.3 is 6.18 Å². The molecule has 26 heavy (non-hydrogen) atoms. The van der Waals surface area contributed by atoms with Crippen LogP contribution in [0.25, 0.3) is 5.65 Å². The van der Waals surface area contributed by atoms with Gasteiger partial charge in [0.2, 0.25) is 0 Å². The van der Waals surface area contributed by atoms with Crippen LogP contribution in [0.3, 0.4) is 0 Å². The Morgan fingerprint density at radius 1 is 1.27 bits per heavy atom. The van der Waals surface area contributed by atoms with Crippen molar-refractivity contribution in [2.24, 2.45) is 10.2 Å². The summed E-state index contributed by atoms with van der Waals surface area (Å²) in [6.45, 7) is 0. The number of quaternary nitrogens is 1. The summed E-state index contributed by atoms with van der Waals surface area (Å²) >= 11 is 0. The Hall–Kier alpha value is -3.29. The van der Waals surface area contributed by atoms with E-state index in [1.165, 1.54) is 24.3 Å². The largest absolute Gasteiger partial charge is 0.595 e. The maximum Gasteiger partial charge on any atom is 0.433 e. The number of H-pyrrole nitrogens is 1. The Bertz CT molecular complexity index is 1040. The second kappa shape index (κ2) is 6.21. The number of alkyl halides is 3. The van der Waals surface area contributed by atoms with Crippen molar-refractivity contribution in [1.82, 2.24) is 14.6 Å². The number of aromatic nitrogens is 3. The van der Waals surface area contributed by atoms with Gasteiger partial charge in [0.15, 0.2) is 28.5 Å². The molecule has 10 nitrogen and oxygen atoms in total. The SMILES string of the molecule is Nc1nn2c(C(F)(F)F)cc(=O)[nH]c2c1N=Nc1ccc([NH+]([O-])O)cc1. The van der Waals surface area contributed by atoms with Crippen LogP contribution in [0.15, 0.2) is 45.4 Å². The minimum atomic E-state index is -4.83. The number of anilines is 1. The Kier molecular flexibility index (Phi) is 4.19. The molecule has 2 heterocycles. The molecular weight excluding hydrogens is 359 g/mol. The molecule has 136 valence electrons. The molecule has 3 aromatic rings. The summed E-state index contributed by atoms with van der Waals surface area (Å²) < 4.78 is 39.5. The zero-order valence-corrected chi connectivity index (χ0v) is 12.7. The van der Waals surface area contributed by atoms with E-state index in [0.717, 1.165) is 0 Å². The molecule has 5 N–H and O–H groups in total. The molecule has 0 amide bonds. The molecule has 1 unspecified atom stereocenters. The molecule has 0 aliphatic heterocycles. The van der Waals surface area contributed by atoms with Crippen LogP contribution in [-0.4, -0.2) is 19.8 Å². The smallest absolute Gasteiger partial charge is 0.433 e. The molecule has 0 saturated heterocycles. The minimum Gasteiger partial charge on any atom is -0.595 e. The Morgan fingerprint density at radius 3 is 2.50 bits per heavy atom. The molecule has 2 aromatic heterocycles. The van der Waals surface area contributed by atoms with Crippen molar-refractivity contribution in [3.8, 4) is 0 Å². The van der Waals surface area contributed by atoms with Crippen LogP contribution < -0.4 is 16.5 Å². The lowest BCUT2D eigenvalue weighted by Crippen LogP contribution is -2.99. The van der Waals surface area contributed by atoms with Crippen molar-refractivity contribution in [2.75, 3.05) is 5.73 Å². The van der Waals surface area contributed by atoms with Gasteiger partial charge in [0, 0.05) is 18.2 Å². The monoisotopic (exact) mass is 369 g/mol. The van der Waals surface area contributed by atoms with Crippen LogP contribution in [0, 0.1) is 5.21 Å². The van der Waals surface area contributed by atoms with Crippen LogP contribution in [-0.2, 0) is 6.18 Å². The highest BCUT2D eigenvalue weighted by molar-refractivity contribution is 5.75. The lowest BCUT2D eigenvalue weighted by molar-refractivity contribution is -0.991. The fourth-order valence-electron chi connectivity index (χ4n) is 2.13. The summed E-state index contributed by atoms with van der Waals surface area (Å²) in [6.07, 6.45) is -4.83. The van der Waals surface area contributed by atoms with Gasteiger partial charge in [-0.05, 0) is 12.1 Å². The van der Waals surface area contributed by atoms with Gasteiger partial charge in [-0.1, -0.05) is 0 Å². The summed E-state index contributed by atoms with van der Waals surface area (Å²) in [5, 5.41) is 29.5. The van der Waals surface area contributed by atoms with E-state index < -0.39 is 22.7 Å². The number of azo groups is 1. The summed E-state index contributed by atoms with van der Waals surface area (Å²) in [6, 6.07) is 5.60. The Morgan fingerprint density at radius 2 is 1.92 bits per heavy atom. The molecular formula is C13H10F3N7O3. The second-order valence-corrected chi connectivity index (χ2v) is 5.06. The number of nitrogens with two attached hydrogens (primary N) is 1.